The summed E-state index contributed by atoms with van der Waals surface area (Å²) in [5.74, 6) is 0.301. The van der Waals surface area contributed by atoms with E-state index in [2.05, 4.69) is 5.10 Å². The molecule has 0 bridgehead atoms. The van der Waals surface area contributed by atoms with Crippen molar-refractivity contribution in [3.05, 3.63) is 51.8 Å². The molecule has 1 heterocycles. The largest absolute Gasteiger partial charge is 0.287 e. The summed E-state index contributed by atoms with van der Waals surface area (Å²) in [5, 5.41) is 24.1. The average Bonchev–Trinajstić information content (AvgIpc) is 2.87. The van der Waals surface area contributed by atoms with Crippen molar-refractivity contribution in [1.29, 1.82) is 5.26 Å². The van der Waals surface area contributed by atoms with Crippen molar-refractivity contribution in [2.45, 2.75) is 19.8 Å². The van der Waals surface area contributed by atoms with E-state index in [4.69, 9.17) is 5.26 Å². The van der Waals surface area contributed by atoms with Crippen LogP contribution in [0.1, 0.15) is 31.0 Å². The fourth-order valence-electron chi connectivity index (χ4n) is 1.71. The SMILES string of the molecule is CC(C)c1ccn(-c2ccc([N+](=O)[O-])c(C#N)c2)n1. The molecule has 0 fully saturated rings. The minimum absolute atomic E-state index is 0.0316. The number of aromatic nitrogens is 2. The first-order chi connectivity index (χ1) is 9.02. The standard InChI is InChI=1S/C13H12N4O2/c1-9(2)12-5-6-16(15-12)11-3-4-13(17(18)19)10(7-11)8-14/h3-7,9H,1-2H3. The van der Waals surface area contributed by atoms with Gasteiger partial charge in [0.1, 0.15) is 11.6 Å². The summed E-state index contributed by atoms with van der Waals surface area (Å²) in [6.07, 6.45) is 1.78. The van der Waals surface area contributed by atoms with Crippen molar-refractivity contribution in [3.8, 4) is 11.8 Å². The van der Waals surface area contributed by atoms with Crippen LogP contribution in [0.5, 0.6) is 0 Å². The Labute approximate surface area is 110 Å². The number of nitrogens with zero attached hydrogens (tertiary/aromatic N) is 4. The van der Waals surface area contributed by atoms with Gasteiger partial charge in [0.25, 0.3) is 5.69 Å². The van der Waals surface area contributed by atoms with Gasteiger partial charge in [-0.1, -0.05) is 13.8 Å². The molecule has 0 radical (unpaired) electrons. The molecular weight excluding hydrogens is 244 g/mol. The molecule has 6 heteroatoms. The van der Waals surface area contributed by atoms with Crippen LogP contribution in [0.3, 0.4) is 0 Å². The van der Waals surface area contributed by atoms with E-state index >= 15 is 0 Å². The second kappa shape index (κ2) is 4.90. The van der Waals surface area contributed by atoms with Crippen LogP contribution < -0.4 is 0 Å². The van der Waals surface area contributed by atoms with Crippen molar-refractivity contribution in [2.24, 2.45) is 0 Å². The Balaban J connectivity index is 2.46. The number of nitro benzene ring substituents is 1. The monoisotopic (exact) mass is 256 g/mol. The Morgan fingerprint density at radius 1 is 1.42 bits per heavy atom. The zero-order valence-corrected chi connectivity index (χ0v) is 10.6. The molecule has 0 amide bonds. The average molecular weight is 256 g/mol. The number of nitriles is 1. The number of benzene rings is 1. The lowest BCUT2D eigenvalue weighted by atomic mass is 10.1. The van der Waals surface area contributed by atoms with Crippen LogP contribution in [-0.2, 0) is 0 Å². The molecule has 0 saturated heterocycles. The summed E-state index contributed by atoms with van der Waals surface area (Å²) >= 11 is 0. The molecule has 2 rings (SSSR count). The van der Waals surface area contributed by atoms with Crippen LogP contribution in [0.4, 0.5) is 5.69 Å². The first-order valence-corrected chi connectivity index (χ1v) is 5.77. The van der Waals surface area contributed by atoms with Gasteiger partial charge in [-0.2, -0.15) is 10.4 Å². The fourth-order valence-corrected chi connectivity index (χ4v) is 1.71. The van der Waals surface area contributed by atoms with Gasteiger partial charge in [0.05, 0.1) is 16.3 Å². The van der Waals surface area contributed by atoms with Gasteiger partial charge in [-0.15, -0.1) is 0 Å². The first-order valence-electron chi connectivity index (χ1n) is 5.77. The maximum atomic E-state index is 10.8. The zero-order chi connectivity index (χ0) is 14.0. The lowest BCUT2D eigenvalue weighted by molar-refractivity contribution is -0.385. The van der Waals surface area contributed by atoms with Crippen LogP contribution in [0, 0.1) is 21.4 Å². The van der Waals surface area contributed by atoms with Crippen molar-refractivity contribution in [2.75, 3.05) is 0 Å². The van der Waals surface area contributed by atoms with Crippen molar-refractivity contribution >= 4 is 5.69 Å². The summed E-state index contributed by atoms with van der Waals surface area (Å²) in [7, 11) is 0. The summed E-state index contributed by atoms with van der Waals surface area (Å²) in [6.45, 7) is 4.06. The highest BCUT2D eigenvalue weighted by molar-refractivity contribution is 5.54. The minimum atomic E-state index is -0.565. The molecule has 0 aliphatic heterocycles. The van der Waals surface area contributed by atoms with Gasteiger partial charge in [0.2, 0.25) is 0 Å². The van der Waals surface area contributed by atoms with E-state index in [1.54, 1.807) is 16.9 Å². The molecule has 0 aliphatic carbocycles. The molecule has 0 aliphatic rings. The highest BCUT2D eigenvalue weighted by Crippen LogP contribution is 2.21. The molecule has 1 aromatic heterocycles. The second-order valence-electron chi connectivity index (χ2n) is 4.41. The third kappa shape index (κ3) is 2.45. The van der Waals surface area contributed by atoms with Crippen LogP contribution in [0.15, 0.2) is 30.5 Å². The van der Waals surface area contributed by atoms with Crippen molar-refractivity contribution in [3.63, 3.8) is 0 Å². The van der Waals surface area contributed by atoms with Crippen molar-refractivity contribution < 1.29 is 4.92 Å². The molecule has 0 spiro atoms. The number of rotatable bonds is 3. The molecule has 0 unspecified atom stereocenters. The van der Waals surface area contributed by atoms with Gasteiger partial charge in [-0.25, -0.2) is 4.68 Å². The third-order valence-corrected chi connectivity index (χ3v) is 2.76. The van der Waals surface area contributed by atoms with Gasteiger partial charge in [-0.05, 0) is 24.1 Å². The normalized spacial score (nSPS) is 10.4. The fraction of sp³-hybridized carbons (Fsp3) is 0.231. The van der Waals surface area contributed by atoms with Crippen LogP contribution >= 0.6 is 0 Å². The Bertz CT molecular complexity index is 668. The first kappa shape index (κ1) is 12.8. The quantitative estimate of drug-likeness (QED) is 0.624. The van der Waals surface area contributed by atoms with Gasteiger partial charge in [0.15, 0.2) is 0 Å². The van der Waals surface area contributed by atoms with Gasteiger partial charge < -0.3 is 0 Å². The highest BCUT2D eigenvalue weighted by Gasteiger charge is 2.15. The Hall–Kier alpha value is -2.68. The van der Waals surface area contributed by atoms with E-state index < -0.39 is 4.92 Å². The molecular formula is C13H12N4O2. The van der Waals surface area contributed by atoms with E-state index in [0.717, 1.165) is 5.69 Å². The number of hydrogen-bond donors (Lipinski definition) is 0. The van der Waals surface area contributed by atoms with Crippen LogP contribution in [-0.4, -0.2) is 14.7 Å². The smallest absolute Gasteiger partial charge is 0.258 e. The summed E-state index contributed by atoms with van der Waals surface area (Å²) in [5.41, 5.74) is 1.40. The van der Waals surface area contributed by atoms with Gasteiger partial charge >= 0.3 is 0 Å². The summed E-state index contributed by atoms with van der Waals surface area (Å²) < 4.78 is 1.61. The third-order valence-electron chi connectivity index (χ3n) is 2.76. The number of nitro groups is 1. The van der Waals surface area contributed by atoms with E-state index in [1.165, 1.54) is 12.1 Å². The maximum Gasteiger partial charge on any atom is 0.287 e. The zero-order valence-electron chi connectivity index (χ0n) is 10.6. The molecule has 19 heavy (non-hydrogen) atoms. The van der Waals surface area contributed by atoms with Crippen LogP contribution in [0.25, 0.3) is 5.69 Å². The Morgan fingerprint density at radius 3 is 2.68 bits per heavy atom. The van der Waals surface area contributed by atoms with Gasteiger partial charge in [0, 0.05) is 12.3 Å². The summed E-state index contributed by atoms with van der Waals surface area (Å²) in [4.78, 5) is 10.2. The predicted molar refractivity (Wildman–Crippen MR) is 69.0 cm³/mol. The molecule has 96 valence electrons. The van der Waals surface area contributed by atoms with E-state index in [9.17, 15) is 10.1 Å². The van der Waals surface area contributed by atoms with Crippen LogP contribution in [0.2, 0.25) is 0 Å². The van der Waals surface area contributed by atoms with E-state index in [1.807, 2.05) is 26.0 Å². The molecule has 0 N–H and O–H groups in total. The second-order valence-corrected chi connectivity index (χ2v) is 4.41. The Morgan fingerprint density at radius 2 is 2.16 bits per heavy atom. The Kier molecular flexibility index (Phi) is 3.29. The predicted octanol–water partition coefficient (Wildman–Crippen LogP) is 2.78. The molecule has 0 saturated carbocycles. The van der Waals surface area contributed by atoms with Gasteiger partial charge in [-0.3, -0.25) is 10.1 Å². The lowest BCUT2D eigenvalue weighted by Crippen LogP contribution is -1.99. The molecule has 1 aromatic carbocycles. The number of hydrogen-bond acceptors (Lipinski definition) is 4. The lowest BCUT2D eigenvalue weighted by Gasteiger charge is -2.03. The minimum Gasteiger partial charge on any atom is -0.258 e. The maximum absolute atomic E-state index is 10.8. The van der Waals surface area contributed by atoms with E-state index in [-0.39, 0.29) is 11.3 Å². The highest BCUT2D eigenvalue weighted by atomic mass is 16.6. The van der Waals surface area contributed by atoms with Crippen molar-refractivity contribution in [1.82, 2.24) is 9.78 Å². The molecule has 6 nitrogen and oxygen atoms in total. The molecule has 0 atom stereocenters. The molecule has 2 aromatic rings. The summed E-state index contributed by atoms with van der Waals surface area (Å²) in [6, 6.07) is 8.09. The topological polar surface area (TPSA) is 84.7 Å². The van der Waals surface area contributed by atoms with E-state index in [0.29, 0.717) is 11.6 Å².